The predicted molar refractivity (Wildman–Crippen MR) is 65.8 cm³/mol. The molecule has 0 bridgehead atoms. The highest BCUT2D eigenvalue weighted by molar-refractivity contribution is 5.61. The first kappa shape index (κ1) is 11.1. The quantitative estimate of drug-likeness (QED) is 0.870. The Balaban J connectivity index is 2.23. The fraction of sp³-hybridized carbons (Fsp3) is 0.154. The number of nitriles is 1. The zero-order valence-corrected chi connectivity index (χ0v) is 9.51. The van der Waals surface area contributed by atoms with Gasteiger partial charge in [-0.25, -0.2) is 9.97 Å². The van der Waals surface area contributed by atoms with E-state index in [0.717, 1.165) is 12.1 Å². The van der Waals surface area contributed by atoms with Gasteiger partial charge in [0.15, 0.2) is 5.82 Å². The Kier molecular flexibility index (Phi) is 3.31. The van der Waals surface area contributed by atoms with Crippen molar-refractivity contribution in [3.63, 3.8) is 0 Å². The fourth-order valence-corrected chi connectivity index (χ4v) is 1.47. The Morgan fingerprint density at radius 3 is 2.71 bits per heavy atom. The zero-order chi connectivity index (χ0) is 12.1. The minimum atomic E-state index is 0.437. The van der Waals surface area contributed by atoms with Crippen LogP contribution in [0.2, 0.25) is 0 Å². The molecule has 0 spiro atoms. The smallest absolute Gasteiger partial charge is 0.151 e. The van der Waals surface area contributed by atoms with Gasteiger partial charge in [-0.05, 0) is 24.1 Å². The van der Waals surface area contributed by atoms with Crippen LogP contribution in [0, 0.1) is 11.3 Å². The number of hydrogen-bond donors (Lipinski definition) is 1. The van der Waals surface area contributed by atoms with Crippen LogP contribution in [0.25, 0.3) is 0 Å². The monoisotopic (exact) mass is 224 g/mol. The van der Waals surface area contributed by atoms with Gasteiger partial charge < -0.3 is 5.32 Å². The standard InChI is InChI=1S/C13H12N4/c1-2-10-3-5-12(6-4-10)17-13-11(7-14)8-15-9-16-13/h3-6,8-9H,2H2,1H3,(H,15,16,17). The summed E-state index contributed by atoms with van der Waals surface area (Å²) >= 11 is 0. The van der Waals surface area contributed by atoms with Crippen LogP contribution in [0.1, 0.15) is 18.1 Å². The first-order valence-electron chi connectivity index (χ1n) is 5.39. The normalized spacial score (nSPS) is 9.65. The molecule has 4 nitrogen and oxygen atoms in total. The number of hydrogen-bond acceptors (Lipinski definition) is 4. The largest absolute Gasteiger partial charge is 0.339 e. The van der Waals surface area contributed by atoms with E-state index in [9.17, 15) is 0 Å². The maximum absolute atomic E-state index is 8.91. The summed E-state index contributed by atoms with van der Waals surface area (Å²) in [5.41, 5.74) is 2.63. The molecule has 0 aliphatic rings. The minimum absolute atomic E-state index is 0.437. The molecule has 0 radical (unpaired) electrons. The van der Waals surface area contributed by atoms with Crippen LogP contribution in [-0.4, -0.2) is 9.97 Å². The van der Waals surface area contributed by atoms with E-state index in [1.54, 1.807) is 0 Å². The summed E-state index contributed by atoms with van der Waals surface area (Å²) < 4.78 is 0. The highest BCUT2D eigenvalue weighted by atomic mass is 15.0. The average Bonchev–Trinajstić information content (AvgIpc) is 2.40. The van der Waals surface area contributed by atoms with Crippen LogP contribution in [-0.2, 0) is 6.42 Å². The van der Waals surface area contributed by atoms with Crippen molar-refractivity contribution >= 4 is 11.5 Å². The topological polar surface area (TPSA) is 61.6 Å². The molecule has 2 rings (SSSR count). The molecule has 4 heteroatoms. The molecule has 0 unspecified atom stereocenters. The molecule has 0 saturated carbocycles. The van der Waals surface area contributed by atoms with E-state index in [1.807, 2.05) is 12.1 Å². The number of aromatic nitrogens is 2. The van der Waals surface area contributed by atoms with Crippen molar-refractivity contribution in [2.45, 2.75) is 13.3 Å². The van der Waals surface area contributed by atoms with E-state index in [0.29, 0.717) is 11.4 Å². The van der Waals surface area contributed by atoms with Crippen molar-refractivity contribution < 1.29 is 0 Å². The van der Waals surface area contributed by atoms with Crippen LogP contribution < -0.4 is 5.32 Å². The minimum Gasteiger partial charge on any atom is -0.339 e. The van der Waals surface area contributed by atoms with E-state index in [2.05, 4.69) is 40.4 Å². The van der Waals surface area contributed by atoms with Crippen LogP contribution >= 0.6 is 0 Å². The van der Waals surface area contributed by atoms with Crippen molar-refractivity contribution in [3.05, 3.63) is 47.9 Å². The molecule has 17 heavy (non-hydrogen) atoms. The summed E-state index contributed by atoms with van der Waals surface area (Å²) in [6, 6.07) is 10.1. The zero-order valence-electron chi connectivity index (χ0n) is 9.51. The fourth-order valence-electron chi connectivity index (χ4n) is 1.47. The molecule has 0 aliphatic heterocycles. The van der Waals surface area contributed by atoms with Gasteiger partial charge in [0.2, 0.25) is 0 Å². The molecule has 1 aromatic carbocycles. The summed E-state index contributed by atoms with van der Waals surface area (Å²) in [7, 11) is 0. The van der Waals surface area contributed by atoms with E-state index in [-0.39, 0.29) is 0 Å². The van der Waals surface area contributed by atoms with Gasteiger partial charge in [-0.1, -0.05) is 19.1 Å². The molecule has 1 N–H and O–H groups in total. The number of benzene rings is 1. The second kappa shape index (κ2) is 5.08. The summed E-state index contributed by atoms with van der Waals surface area (Å²) in [4.78, 5) is 7.85. The molecule has 0 saturated heterocycles. The van der Waals surface area contributed by atoms with Gasteiger partial charge in [0.1, 0.15) is 18.0 Å². The number of nitrogens with zero attached hydrogens (tertiary/aromatic N) is 3. The molecule has 2 aromatic rings. The Hall–Kier alpha value is -2.41. The second-order valence-electron chi connectivity index (χ2n) is 3.57. The average molecular weight is 224 g/mol. The van der Waals surface area contributed by atoms with Crippen molar-refractivity contribution in [2.24, 2.45) is 0 Å². The molecular formula is C13H12N4. The lowest BCUT2D eigenvalue weighted by molar-refractivity contribution is 1.14. The Labute approximate surface area is 100.0 Å². The predicted octanol–water partition coefficient (Wildman–Crippen LogP) is 2.65. The first-order valence-corrected chi connectivity index (χ1v) is 5.39. The highest BCUT2D eigenvalue weighted by Gasteiger charge is 2.02. The van der Waals surface area contributed by atoms with Gasteiger partial charge in [0.25, 0.3) is 0 Å². The van der Waals surface area contributed by atoms with Crippen molar-refractivity contribution in [1.29, 1.82) is 5.26 Å². The lowest BCUT2D eigenvalue weighted by Gasteiger charge is -2.06. The number of anilines is 2. The van der Waals surface area contributed by atoms with Gasteiger partial charge in [-0.2, -0.15) is 5.26 Å². The maximum atomic E-state index is 8.91. The summed E-state index contributed by atoms with van der Waals surface area (Å²) in [6.07, 6.45) is 3.93. The Morgan fingerprint density at radius 2 is 2.06 bits per heavy atom. The van der Waals surface area contributed by atoms with E-state index in [4.69, 9.17) is 5.26 Å². The molecule has 0 aliphatic carbocycles. The van der Waals surface area contributed by atoms with Crippen molar-refractivity contribution in [1.82, 2.24) is 9.97 Å². The molecule has 1 heterocycles. The lowest BCUT2D eigenvalue weighted by atomic mass is 10.1. The van der Waals surface area contributed by atoms with Crippen LogP contribution in [0.15, 0.2) is 36.8 Å². The third-order valence-electron chi connectivity index (χ3n) is 2.46. The van der Waals surface area contributed by atoms with E-state index in [1.165, 1.54) is 18.1 Å². The third-order valence-corrected chi connectivity index (χ3v) is 2.46. The summed E-state index contributed by atoms with van der Waals surface area (Å²) in [5.74, 6) is 0.534. The van der Waals surface area contributed by atoms with Gasteiger partial charge in [0.05, 0.1) is 6.20 Å². The van der Waals surface area contributed by atoms with Gasteiger partial charge in [0, 0.05) is 5.69 Å². The molecule has 0 atom stereocenters. The van der Waals surface area contributed by atoms with E-state index >= 15 is 0 Å². The SMILES string of the molecule is CCc1ccc(Nc2ncncc2C#N)cc1. The molecule has 84 valence electrons. The molecule has 0 fully saturated rings. The van der Waals surface area contributed by atoms with Crippen LogP contribution in [0.4, 0.5) is 11.5 Å². The van der Waals surface area contributed by atoms with E-state index < -0.39 is 0 Å². The van der Waals surface area contributed by atoms with Crippen molar-refractivity contribution in [3.8, 4) is 6.07 Å². The van der Waals surface area contributed by atoms with Gasteiger partial charge in [-0.15, -0.1) is 0 Å². The molecular weight excluding hydrogens is 212 g/mol. The third kappa shape index (κ3) is 2.58. The van der Waals surface area contributed by atoms with Crippen LogP contribution in [0.5, 0.6) is 0 Å². The Bertz CT molecular complexity index is 540. The van der Waals surface area contributed by atoms with Crippen molar-refractivity contribution in [2.75, 3.05) is 5.32 Å². The first-order chi connectivity index (χ1) is 8.33. The lowest BCUT2D eigenvalue weighted by Crippen LogP contribution is -1.97. The number of aryl methyl sites for hydroxylation is 1. The van der Waals surface area contributed by atoms with Crippen LogP contribution in [0.3, 0.4) is 0 Å². The van der Waals surface area contributed by atoms with Gasteiger partial charge in [-0.3, -0.25) is 0 Å². The van der Waals surface area contributed by atoms with Gasteiger partial charge >= 0.3 is 0 Å². The second-order valence-corrected chi connectivity index (χ2v) is 3.57. The molecule has 0 amide bonds. The Morgan fingerprint density at radius 1 is 1.29 bits per heavy atom. The summed E-state index contributed by atoms with van der Waals surface area (Å²) in [6.45, 7) is 2.11. The molecule has 1 aromatic heterocycles. The maximum Gasteiger partial charge on any atom is 0.151 e. The highest BCUT2D eigenvalue weighted by Crippen LogP contribution is 2.17. The number of rotatable bonds is 3. The summed E-state index contributed by atoms with van der Waals surface area (Å²) in [5, 5.41) is 12.0. The number of nitrogens with one attached hydrogen (secondary N) is 1.